The van der Waals surface area contributed by atoms with Crippen LogP contribution in [0.15, 0.2) is 36.4 Å². The summed E-state index contributed by atoms with van der Waals surface area (Å²) in [4.78, 5) is 14.6. The molecule has 6 heteroatoms. The van der Waals surface area contributed by atoms with Crippen LogP contribution in [0.25, 0.3) is 0 Å². The first kappa shape index (κ1) is 13.6. The van der Waals surface area contributed by atoms with Crippen molar-refractivity contribution >= 4 is 11.6 Å². The molecular weight excluding hydrogens is 258 g/mol. The quantitative estimate of drug-likeness (QED) is 0.767. The molecule has 0 aliphatic carbocycles. The number of benzene rings is 1. The number of anilines is 1. The molecule has 0 aliphatic rings. The van der Waals surface area contributed by atoms with Crippen molar-refractivity contribution < 1.29 is 14.6 Å². The molecule has 20 heavy (non-hydrogen) atoms. The van der Waals surface area contributed by atoms with E-state index in [0.717, 1.165) is 0 Å². The lowest BCUT2D eigenvalue weighted by Crippen LogP contribution is -2.12. The third kappa shape index (κ3) is 3.37. The summed E-state index contributed by atoms with van der Waals surface area (Å²) >= 11 is 0. The van der Waals surface area contributed by atoms with Crippen molar-refractivity contribution in [1.29, 1.82) is 5.26 Å². The molecule has 3 N–H and O–H groups in total. The SMILES string of the molecule is N#Cc1ccc(C(=O)Nc2ccc(OCCO)cc2)[nH]1. The number of ether oxygens (including phenoxy) is 1. The maximum atomic E-state index is 11.9. The van der Waals surface area contributed by atoms with Gasteiger partial charge in [-0.15, -0.1) is 0 Å². The third-order valence-electron chi connectivity index (χ3n) is 2.52. The average molecular weight is 271 g/mol. The van der Waals surface area contributed by atoms with Gasteiger partial charge in [0, 0.05) is 5.69 Å². The van der Waals surface area contributed by atoms with Crippen LogP contribution in [0, 0.1) is 11.3 Å². The number of hydrogen-bond donors (Lipinski definition) is 3. The Morgan fingerprint density at radius 3 is 2.65 bits per heavy atom. The highest BCUT2D eigenvalue weighted by Crippen LogP contribution is 2.16. The number of nitrogens with zero attached hydrogens (tertiary/aromatic N) is 1. The van der Waals surface area contributed by atoms with E-state index in [1.807, 2.05) is 6.07 Å². The minimum absolute atomic E-state index is 0.0491. The van der Waals surface area contributed by atoms with E-state index in [-0.39, 0.29) is 19.1 Å². The largest absolute Gasteiger partial charge is 0.491 e. The third-order valence-corrected chi connectivity index (χ3v) is 2.52. The Kier molecular flexibility index (Phi) is 4.37. The van der Waals surface area contributed by atoms with E-state index in [0.29, 0.717) is 22.8 Å². The maximum absolute atomic E-state index is 11.9. The van der Waals surface area contributed by atoms with Gasteiger partial charge in [-0.3, -0.25) is 4.79 Å². The van der Waals surface area contributed by atoms with E-state index in [1.165, 1.54) is 0 Å². The number of H-pyrrole nitrogens is 1. The van der Waals surface area contributed by atoms with Crippen molar-refractivity contribution in [2.24, 2.45) is 0 Å². The van der Waals surface area contributed by atoms with Gasteiger partial charge < -0.3 is 20.1 Å². The zero-order valence-electron chi connectivity index (χ0n) is 10.6. The Hall–Kier alpha value is -2.78. The van der Waals surface area contributed by atoms with Crippen molar-refractivity contribution in [3.8, 4) is 11.8 Å². The van der Waals surface area contributed by atoms with Gasteiger partial charge >= 0.3 is 0 Å². The highest BCUT2D eigenvalue weighted by molar-refractivity contribution is 6.03. The molecule has 102 valence electrons. The zero-order valence-corrected chi connectivity index (χ0v) is 10.6. The van der Waals surface area contributed by atoms with E-state index in [4.69, 9.17) is 15.1 Å². The normalized spacial score (nSPS) is 9.80. The Labute approximate surface area is 115 Å². The van der Waals surface area contributed by atoms with Gasteiger partial charge in [0.2, 0.25) is 0 Å². The molecule has 0 atom stereocenters. The molecule has 0 radical (unpaired) electrons. The molecule has 0 unspecified atom stereocenters. The van der Waals surface area contributed by atoms with Crippen molar-refractivity contribution in [2.75, 3.05) is 18.5 Å². The summed E-state index contributed by atoms with van der Waals surface area (Å²) in [6, 6.07) is 11.8. The molecule has 0 spiro atoms. The molecule has 6 nitrogen and oxygen atoms in total. The van der Waals surface area contributed by atoms with Crippen LogP contribution in [-0.2, 0) is 0 Å². The Balaban J connectivity index is 1.99. The van der Waals surface area contributed by atoms with Crippen molar-refractivity contribution in [1.82, 2.24) is 4.98 Å². The monoisotopic (exact) mass is 271 g/mol. The lowest BCUT2D eigenvalue weighted by molar-refractivity contribution is 0.102. The second-order valence-corrected chi connectivity index (χ2v) is 3.95. The number of hydrogen-bond acceptors (Lipinski definition) is 4. The summed E-state index contributed by atoms with van der Waals surface area (Å²) in [5, 5.41) is 20.0. The van der Waals surface area contributed by atoms with Gasteiger partial charge in [0.25, 0.3) is 5.91 Å². The summed E-state index contributed by atoms with van der Waals surface area (Å²) in [5.41, 5.74) is 1.27. The van der Waals surface area contributed by atoms with E-state index in [1.54, 1.807) is 36.4 Å². The van der Waals surface area contributed by atoms with Gasteiger partial charge in [-0.05, 0) is 36.4 Å². The van der Waals surface area contributed by atoms with Crippen LogP contribution >= 0.6 is 0 Å². The fourth-order valence-corrected chi connectivity index (χ4v) is 1.59. The van der Waals surface area contributed by atoms with Crippen LogP contribution in [-0.4, -0.2) is 29.2 Å². The molecule has 1 amide bonds. The molecular formula is C14H13N3O3. The van der Waals surface area contributed by atoms with Crippen LogP contribution in [0.3, 0.4) is 0 Å². The summed E-state index contributed by atoms with van der Waals surface area (Å²) < 4.78 is 5.21. The summed E-state index contributed by atoms with van der Waals surface area (Å²) in [7, 11) is 0. The van der Waals surface area contributed by atoms with Crippen LogP contribution in [0.4, 0.5) is 5.69 Å². The van der Waals surface area contributed by atoms with Gasteiger partial charge in [0.05, 0.1) is 6.61 Å². The number of nitrogens with one attached hydrogen (secondary N) is 2. The Morgan fingerprint density at radius 1 is 1.30 bits per heavy atom. The minimum atomic E-state index is -0.324. The molecule has 2 aromatic rings. The van der Waals surface area contributed by atoms with E-state index < -0.39 is 0 Å². The van der Waals surface area contributed by atoms with Crippen molar-refractivity contribution in [3.05, 3.63) is 47.8 Å². The number of aromatic amines is 1. The lowest BCUT2D eigenvalue weighted by atomic mass is 10.3. The fraction of sp³-hybridized carbons (Fsp3) is 0.143. The Morgan fingerprint density at radius 2 is 2.05 bits per heavy atom. The highest BCUT2D eigenvalue weighted by atomic mass is 16.5. The smallest absolute Gasteiger partial charge is 0.272 e. The molecule has 1 aromatic heterocycles. The molecule has 1 aromatic carbocycles. The number of aliphatic hydroxyl groups excluding tert-OH is 1. The molecule has 0 saturated carbocycles. The number of aliphatic hydroxyl groups is 1. The minimum Gasteiger partial charge on any atom is -0.491 e. The van der Waals surface area contributed by atoms with Gasteiger partial charge in [0.1, 0.15) is 29.8 Å². The first-order valence-corrected chi connectivity index (χ1v) is 5.97. The van der Waals surface area contributed by atoms with Crippen LogP contribution in [0.5, 0.6) is 5.75 Å². The predicted molar refractivity (Wildman–Crippen MR) is 72.5 cm³/mol. The molecule has 0 bridgehead atoms. The molecule has 0 fully saturated rings. The zero-order chi connectivity index (χ0) is 14.4. The standard InChI is InChI=1S/C14H13N3O3/c15-9-11-3-6-13(16-11)14(19)17-10-1-4-12(5-2-10)20-8-7-18/h1-6,16,18H,7-8H2,(H,17,19). The van der Waals surface area contributed by atoms with Crippen LogP contribution < -0.4 is 10.1 Å². The van der Waals surface area contributed by atoms with E-state index in [2.05, 4.69) is 10.3 Å². The van der Waals surface area contributed by atoms with Gasteiger partial charge in [-0.1, -0.05) is 0 Å². The molecule has 1 heterocycles. The Bertz CT molecular complexity index is 626. The van der Waals surface area contributed by atoms with Crippen molar-refractivity contribution in [2.45, 2.75) is 0 Å². The second-order valence-electron chi connectivity index (χ2n) is 3.95. The molecule has 0 saturated heterocycles. The van der Waals surface area contributed by atoms with Gasteiger partial charge in [-0.2, -0.15) is 5.26 Å². The van der Waals surface area contributed by atoms with E-state index >= 15 is 0 Å². The number of aromatic nitrogens is 1. The van der Waals surface area contributed by atoms with Gasteiger partial charge in [0.15, 0.2) is 0 Å². The van der Waals surface area contributed by atoms with Gasteiger partial charge in [-0.25, -0.2) is 0 Å². The van der Waals surface area contributed by atoms with Crippen LogP contribution in [0.1, 0.15) is 16.2 Å². The summed E-state index contributed by atoms with van der Waals surface area (Å²) in [5.74, 6) is 0.291. The second kappa shape index (κ2) is 6.41. The van der Waals surface area contributed by atoms with E-state index in [9.17, 15) is 4.79 Å². The highest BCUT2D eigenvalue weighted by Gasteiger charge is 2.08. The first-order valence-electron chi connectivity index (χ1n) is 5.97. The number of carbonyl (C=O) groups excluding carboxylic acids is 1. The number of nitriles is 1. The predicted octanol–water partition coefficient (Wildman–Crippen LogP) is 1.51. The number of carbonyl (C=O) groups is 1. The average Bonchev–Trinajstić information content (AvgIpc) is 2.95. The first-order chi connectivity index (χ1) is 9.72. The summed E-state index contributed by atoms with van der Waals surface area (Å²) in [6.45, 7) is 0.178. The lowest BCUT2D eigenvalue weighted by Gasteiger charge is -2.06. The van der Waals surface area contributed by atoms with Crippen LogP contribution in [0.2, 0.25) is 0 Å². The number of amides is 1. The topological polar surface area (TPSA) is 98.1 Å². The number of rotatable bonds is 5. The molecule has 2 rings (SSSR count). The molecule has 0 aliphatic heterocycles. The fourth-order valence-electron chi connectivity index (χ4n) is 1.59. The summed E-state index contributed by atoms with van der Waals surface area (Å²) in [6.07, 6.45) is 0. The van der Waals surface area contributed by atoms with Crippen molar-refractivity contribution in [3.63, 3.8) is 0 Å². The maximum Gasteiger partial charge on any atom is 0.272 e.